The van der Waals surface area contributed by atoms with Crippen molar-refractivity contribution in [1.29, 1.82) is 0 Å². The third-order valence-electron chi connectivity index (χ3n) is 3.41. The van der Waals surface area contributed by atoms with Gasteiger partial charge in [0.2, 0.25) is 0 Å². The van der Waals surface area contributed by atoms with Gasteiger partial charge >= 0.3 is 0 Å². The zero-order chi connectivity index (χ0) is 10.5. The molecule has 2 atom stereocenters. The predicted octanol–water partition coefficient (Wildman–Crippen LogP) is 2.85. The lowest BCUT2D eigenvalue weighted by atomic mass is 9.94. The SMILES string of the molecule is CNC1CCCCC(Cc2cncs2)C1. The zero-order valence-corrected chi connectivity index (χ0v) is 10.2. The second-order valence-electron chi connectivity index (χ2n) is 4.54. The molecule has 0 radical (unpaired) electrons. The zero-order valence-electron chi connectivity index (χ0n) is 9.41. The first-order chi connectivity index (χ1) is 7.38. The highest BCUT2D eigenvalue weighted by molar-refractivity contribution is 7.09. The highest BCUT2D eigenvalue weighted by Crippen LogP contribution is 2.27. The maximum atomic E-state index is 4.15. The number of aromatic nitrogens is 1. The molecule has 84 valence electrons. The predicted molar refractivity (Wildman–Crippen MR) is 65.2 cm³/mol. The van der Waals surface area contributed by atoms with Gasteiger partial charge in [-0.05, 0) is 32.2 Å². The Morgan fingerprint density at radius 3 is 3.07 bits per heavy atom. The summed E-state index contributed by atoms with van der Waals surface area (Å²) in [5.74, 6) is 0.866. The van der Waals surface area contributed by atoms with Crippen LogP contribution in [0.3, 0.4) is 0 Å². The lowest BCUT2D eigenvalue weighted by Crippen LogP contribution is -2.26. The third-order valence-corrected chi connectivity index (χ3v) is 4.22. The van der Waals surface area contributed by atoms with Crippen molar-refractivity contribution in [3.8, 4) is 0 Å². The second-order valence-corrected chi connectivity index (χ2v) is 5.51. The quantitative estimate of drug-likeness (QED) is 0.799. The van der Waals surface area contributed by atoms with Crippen LogP contribution in [0.5, 0.6) is 0 Å². The molecule has 2 unspecified atom stereocenters. The lowest BCUT2D eigenvalue weighted by Gasteiger charge is -2.18. The van der Waals surface area contributed by atoms with Crippen molar-refractivity contribution in [3.63, 3.8) is 0 Å². The van der Waals surface area contributed by atoms with Crippen LogP contribution in [-0.2, 0) is 6.42 Å². The van der Waals surface area contributed by atoms with Gasteiger partial charge in [0.25, 0.3) is 0 Å². The number of hydrogen-bond acceptors (Lipinski definition) is 3. The minimum Gasteiger partial charge on any atom is -0.317 e. The number of nitrogens with one attached hydrogen (secondary N) is 1. The monoisotopic (exact) mass is 224 g/mol. The maximum absolute atomic E-state index is 4.15. The van der Waals surface area contributed by atoms with Crippen molar-refractivity contribution in [1.82, 2.24) is 10.3 Å². The minimum absolute atomic E-state index is 0.741. The third kappa shape index (κ3) is 3.28. The average Bonchev–Trinajstić information content (AvgIpc) is 2.64. The molecule has 0 aliphatic heterocycles. The molecule has 0 amide bonds. The Balaban J connectivity index is 1.90. The van der Waals surface area contributed by atoms with Crippen molar-refractivity contribution < 1.29 is 0 Å². The van der Waals surface area contributed by atoms with E-state index < -0.39 is 0 Å². The van der Waals surface area contributed by atoms with Crippen LogP contribution in [0.2, 0.25) is 0 Å². The van der Waals surface area contributed by atoms with Crippen LogP contribution in [0.15, 0.2) is 11.7 Å². The van der Waals surface area contributed by atoms with Crippen molar-refractivity contribution in [2.24, 2.45) is 5.92 Å². The topological polar surface area (TPSA) is 24.9 Å². The largest absolute Gasteiger partial charge is 0.317 e. The molecule has 1 saturated carbocycles. The van der Waals surface area contributed by atoms with Crippen LogP contribution >= 0.6 is 11.3 Å². The number of rotatable bonds is 3. The molecule has 1 heterocycles. The van der Waals surface area contributed by atoms with Crippen molar-refractivity contribution in [3.05, 3.63) is 16.6 Å². The van der Waals surface area contributed by atoms with Crippen LogP contribution in [0, 0.1) is 5.92 Å². The van der Waals surface area contributed by atoms with E-state index in [4.69, 9.17) is 0 Å². The normalized spacial score (nSPS) is 27.5. The summed E-state index contributed by atoms with van der Waals surface area (Å²) < 4.78 is 0. The summed E-state index contributed by atoms with van der Waals surface area (Å²) in [6.45, 7) is 0. The molecule has 2 rings (SSSR count). The lowest BCUT2D eigenvalue weighted by molar-refractivity contribution is 0.402. The van der Waals surface area contributed by atoms with Crippen LogP contribution in [0.25, 0.3) is 0 Å². The summed E-state index contributed by atoms with van der Waals surface area (Å²) in [5, 5.41) is 3.44. The van der Waals surface area contributed by atoms with E-state index in [-0.39, 0.29) is 0 Å². The Hall–Kier alpha value is -0.410. The number of nitrogens with zero attached hydrogens (tertiary/aromatic N) is 1. The highest BCUT2D eigenvalue weighted by Gasteiger charge is 2.19. The van der Waals surface area contributed by atoms with Gasteiger partial charge in [0.05, 0.1) is 5.51 Å². The Morgan fingerprint density at radius 1 is 1.47 bits per heavy atom. The van der Waals surface area contributed by atoms with Gasteiger partial charge in [0.15, 0.2) is 0 Å². The molecule has 0 saturated heterocycles. The first kappa shape index (κ1) is 11.1. The first-order valence-electron chi connectivity index (χ1n) is 5.93. The van der Waals surface area contributed by atoms with E-state index in [0.717, 1.165) is 12.0 Å². The van der Waals surface area contributed by atoms with Gasteiger partial charge in [-0.2, -0.15) is 0 Å². The molecule has 1 N–H and O–H groups in total. The summed E-state index contributed by atoms with van der Waals surface area (Å²) in [4.78, 5) is 5.61. The molecule has 1 aromatic rings. The maximum Gasteiger partial charge on any atom is 0.0794 e. The smallest absolute Gasteiger partial charge is 0.0794 e. The summed E-state index contributed by atoms with van der Waals surface area (Å²) in [5.41, 5.74) is 1.95. The van der Waals surface area contributed by atoms with Gasteiger partial charge in [-0.3, -0.25) is 4.98 Å². The van der Waals surface area contributed by atoms with Crippen LogP contribution < -0.4 is 5.32 Å². The first-order valence-corrected chi connectivity index (χ1v) is 6.81. The number of thiazole rings is 1. The van der Waals surface area contributed by atoms with Gasteiger partial charge in [0, 0.05) is 17.1 Å². The molecule has 1 aliphatic carbocycles. The van der Waals surface area contributed by atoms with Gasteiger partial charge in [-0.1, -0.05) is 19.3 Å². The van der Waals surface area contributed by atoms with Crippen molar-refractivity contribution in [2.75, 3.05) is 7.05 Å². The summed E-state index contributed by atoms with van der Waals surface area (Å²) in [6.07, 6.45) is 10.2. The molecule has 2 nitrogen and oxygen atoms in total. The fourth-order valence-electron chi connectivity index (χ4n) is 2.54. The average molecular weight is 224 g/mol. The van der Waals surface area contributed by atoms with E-state index in [1.54, 1.807) is 11.3 Å². The molecule has 1 aliphatic rings. The van der Waals surface area contributed by atoms with E-state index >= 15 is 0 Å². The Morgan fingerprint density at radius 2 is 2.33 bits per heavy atom. The minimum atomic E-state index is 0.741. The molecule has 1 fully saturated rings. The van der Waals surface area contributed by atoms with E-state index in [0.29, 0.717) is 0 Å². The van der Waals surface area contributed by atoms with Gasteiger partial charge in [-0.25, -0.2) is 0 Å². The second kappa shape index (κ2) is 5.61. The van der Waals surface area contributed by atoms with Crippen LogP contribution in [0.4, 0.5) is 0 Å². The molecular weight excluding hydrogens is 204 g/mol. The van der Waals surface area contributed by atoms with Crippen LogP contribution in [0.1, 0.15) is 37.0 Å². The standard InChI is InChI=1S/C12H20N2S/c1-13-11-5-3-2-4-10(6-11)7-12-8-14-9-15-12/h8-11,13H,2-7H2,1H3. The molecule has 0 bridgehead atoms. The van der Waals surface area contributed by atoms with Gasteiger partial charge in [-0.15, -0.1) is 11.3 Å². The summed E-state index contributed by atoms with van der Waals surface area (Å²) in [7, 11) is 2.10. The Kier molecular flexibility index (Phi) is 4.15. The highest BCUT2D eigenvalue weighted by atomic mass is 32.1. The molecule has 0 aromatic carbocycles. The summed E-state index contributed by atoms with van der Waals surface area (Å²) >= 11 is 1.80. The van der Waals surface area contributed by atoms with Crippen molar-refractivity contribution >= 4 is 11.3 Å². The van der Waals surface area contributed by atoms with E-state index in [9.17, 15) is 0 Å². The molecule has 3 heteroatoms. The van der Waals surface area contributed by atoms with E-state index in [1.807, 2.05) is 11.7 Å². The number of hydrogen-bond donors (Lipinski definition) is 1. The van der Waals surface area contributed by atoms with E-state index in [2.05, 4.69) is 17.3 Å². The Labute approximate surface area is 96.1 Å². The Bertz CT molecular complexity index is 271. The van der Waals surface area contributed by atoms with E-state index in [1.165, 1.54) is 43.4 Å². The van der Waals surface area contributed by atoms with Crippen LogP contribution in [-0.4, -0.2) is 18.1 Å². The molecule has 1 aromatic heterocycles. The molecule has 15 heavy (non-hydrogen) atoms. The van der Waals surface area contributed by atoms with Gasteiger partial charge in [0.1, 0.15) is 0 Å². The van der Waals surface area contributed by atoms with Crippen molar-refractivity contribution in [2.45, 2.75) is 44.6 Å². The molecular formula is C12H20N2S. The molecule has 0 spiro atoms. The fraction of sp³-hybridized carbons (Fsp3) is 0.750. The summed E-state index contributed by atoms with van der Waals surface area (Å²) in [6, 6.07) is 0.741. The fourth-order valence-corrected chi connectivity index (χ4v) is 3.25. The van der Waals surface area contributed by atoms with Gasteiger partial charge < -0.3 is 5.32 Å².